The number of aromatic amines is 2. The Bertz CT molecular complexity index is 1340. The Morgan fingerprint density at radius 3 is 2.53 bits per heavy atom. The lowest BCUT2D eigenvalue weighted by Gasteiger charge is -2.09. The Kier molecular flexibility index (Phi) is 6.20. The van der Waals surface area contributed by atoms with Gasteiger partial charge in [-0.1, -0.05) is 24.6 Å². The first-order chi connectivity index (χ1) is 15.5. The Balaban J connectivity index is 1.45. The third-order valence-corrected chi connectivity index (χ3v) is 5.30. The number of nitrogens with one attached hydrogen (secondary N) is 2. The molecule has 3 aromatic heterocycles. The van der Waals surface area contributed by atoms with Crippen molar-refractivity contribution >= 4 is 16.9 Å². The van der Waals surface area contributed by atoms with Gasteiger partial charge in [-0.15, -0.1) is 0 Å². The van der Waals surface area contributed by atoms with Crippen molar-refractivity contribution < 1.29 is 4.92 Å². The number of rotatable bonds is 9. The lowest BCUT2D eigenvalue weighted by Crippen LogP contribution is -2.22. The number of nitrogens with zero attached hydrogens (tertiary/aromatic N) is 4. The summed E-state index contributed by atoms with van der Waals surface area (Å²) in [6.45, 7) is 0.603. The van der Waals surface area contributed by atoms with E-state index in [4.69, 9.17) is 0 Å². The number of aromatic nitrogens is 5. The van der Waals surface area contributed by atoms with Crippen LogP contribution in [0.4, 0.5) is 5.69 Å². The number of unbranched alkanes of at least 4 members (excludes halogenated alkanes) is 2. The van der Waals surface area contributed by atoms with Crippen molar-refractivity contribution in [2.24, 2.45) is 0 Å². The minimum atomic E-state index is -0.560. The summed E-state index contributed by atoms with van der Waals surface area (Å²) in [6, 6.07) is 10.4. The Labute approximate surface area is 182 Å². The summed E-state index contributed by atoms with van der Waals surface area (Å²) < 4.78 is 1.89. The van der Waals surface area contributed by atoms with Crippen molar-refractivity contribution in [2.45, 2.75) is 38.6 Å². The zero-order chi connectivity index (χ0) is 22.5. The normalized spacial score (nSPS) is 11.1. The van der Waals surface area contributed by atoms with Crippen molar-refractivity contribution in [2.75, 3.05) is 0 Å². The molecule has 0 spiro atoms. The van der Waals surface area contributed by atoms with Gasteiger partial charge in [-0.05, 0) is 36.5 Å². The van der Waals surface area contributed by atoms with Crippen molar-refractivity contribution in [3.05, 3.63) is 96.7 Å². The number of fused-ring (bicyclic) bond motifs is 1. The molecular formula is C22H22N6O4. The number of non-ortho nitro benzene ring substituents is 1. The van der Waals surface area contributed by atoms with E-state index in [9.17, 15) is 19.7 Å². The third kappa shape index (κ3) is 4.80. The summed E-state index contributed by atoms with van der Waals surface area (Å²) in [5, 5.41) is 10.8. The number of nitro groups is 1. The summed E-state index contributed by atoms with van der Waals surface area (Å²) in [7, 11) is 0. The van der Waals surface area contributed by atoms with Crippen LogP contribution >= 0.6 is 0 Å². The third-order valence-electron chi connectivity index (χ3n) is 5.30. The molecule has 164 valence electrons. The quantitative estimate of drug-likeness (QED) is 0.236. The molecule has 32 heavy (non-hydrogen) atoms. The molecule has 1 aromatic carbocycles. The van der Waals surface area contributed by atoms with Crippen LogP contribution < -0.4 is 11.2 Å². The highest BCUT2D eigenvalue weighted by Crippen LogP contribution is 2.17. The standard InChI is InChI=1S/C22H22N6O4/c29-21-19-20(25-22(30)26-21)27(18(24-19)13-16-6-4-11-23-14-16)12-3-1-2-5-15-7-9-17(10-8-15)28(31)32/h4,6-11,14H,1-3,5,12-13H2,(H2,25,26,29,30). The van der Waals surface area contributed by atoms with Crippen LogP contribution in [0.1, 0.15) is 36.2 Å². The van der Waals surface area contributed by atoms with Gasteiger partial charge in [-0.2, -0.15) is 0 Å². The highest BCUT2D eigenvalue weighted by atomic mass is 16.6. The second-order valence-corrected chi connectivity index (χ2v) is 7.56. The highest BCUT2D eigenvalue weighted by molar-refractivity contribution is 5.70. The Hall–Kier alpha value is -4.08. The zero-order valence-electron chi connectivity index (χ0n) is 17.3. The first-order valence-corrected chi connectivity index (χ1v) is 10.4. The first-order valence-electron chi connectivity index (χ1n) is 10.4. The molecule has 4 rings (SSSR count). The van der Waals surface area contributed by atoms with E-state index in [0.717, 1.165) is 36.8 Å². The minimum Gasteiger partial charge on any atom is -0.314 e. The van der Waals surface area contributed by atoms with Crippen molar-refractivity contribution in [1.29, 1.82) is 0 Å². The van der Waals surface area contributed by atoms with E-state index in [-0.39, 0.29) is 11.2 Å². The zero-order valence-corrected chi connectivity index (χ0v) is 17.3. The smallest absolute Gasteiger partial charge is 0.314 e. The van der Waals surface area contributed by atoms with E-state index in [1.54, 1.807) is 24.5 Å². The molecule has 0 aliphatic heterocycles. The van der Waals surface area contributed by atoms with Crippen LogP contribution in [0, 0.1) is 10.1 Å². The molecule has 3 heterocycles. The predicted molar refractivity (Wildman–Crippen MR) is 119 cm³/mol. The molecule has 0 saturated heterocycles. The van der Waals surface area contributed by atoms with Gasteiger partial charge in [-0.3, -0.25) is 29.9 Å². The summed E-state index contributed by atoms with van der Waals surface area (Å²) in [5.41, 5.74) is 1.67. The van der Waals surface area contributed by atoms with Gasteiger partial charge in [0.25, 0.3) is 11.2 Å². The topological polar surface area (TPSA) is 140 Å². The van der Waals surface area contributed by atoms with Gasteiger partial charge < -0.3 is 4.57 Å². The van der Waals surface area contributed by atoms with Gasteiger partial charge in [0.15, 0.2) is 5.52 Å². The summed E-state index contributed by atoms with van der Waals surface area (Å²) in [5.74, 6) is 0.690. The van der Waals surface area contributed by atoms with Crippen LogP contribution in [0.5, 0.6) is 0 Å². The van der Waals surface area contributed by atoms with Crippen molar-refractivity contribution in [3.8, 4) is 0 Å². The number of nitro benzene ring substituents is 1. The number of hydrogen-bond acceptors (Lipinski definition) is 6. The summed E-state index contributed by atoms with van der Waals surface area (Å²) in [6.07, 6.45) is 7.41. The van der Waals surface area contributed by atoms with Crippen LogP contribution in [0.2, 0.25) is 0 Å². The fourth-order valence-corrected chi connectivity index (χ4v) is 3.71. The number of H-pyrrole nitrogens is 2. The average Bonchev–Trinajstić information content (AvgIpc) is 3.12. The van der Waals surface area contributed by atoms with E-state index in [1.165, 1.54) is 12.1 Å². The van der Waals surface area contributed by atoms with Crippen LogP contribution in [-0.2, 0) is 19.4 Å². The largest absolute Gasteiger partial charge is 0.327 e. The van der Waals surface area contributed by atoms with Crippen LogP contribution in [0.15, 0.2) is 58.4 Å². The van der Waals surface area contributed by atoms with Gasteiger partial charge in [0, 0.05) is 37.5 Å². The lowest BCUT2D eigenvalue weighted by molar-refractivity contribution is -0.384. The maximum absolute atomic E-state index is 12.2. The van der Waals surface area contributed by atoms with Crippen LogP contribution in [-0.4, -0.2) is 29.4 Å². The number of imidazole rings is 1. The molecule has 10 heteroatoms. The van der Waals surface area contributed by atoms with Crippen LogP contribution in [0.25, 0.3) is 11.2 Å². The lowest BCUT2D eigenvalue weighted by atomic mass is 10.1. The van der Waals surface area contributed by atoms with E-state index in [0.29, 0.717) is 24.4 Å². The van der Waals surface area contributed by atoms with E-state index >= 15 is 0 Å². The molecule has 0 radical (unpaired) electrons. The highest BCUT2D eigenvalue weighted by Gasteiger charge is 2.15. The molecule has 0 saturated carbocycles. The number of pyridine rings is 1. The molecule has 2 N–H and O–H groups in total. The maximum Gasteiger partial charge on any atom is 0.327 e. The van der Waals surface area contributed by atoms with Crippen LogP contribution in [0.3, 0.4) is 0 Å². The Morgan fingerprint density at radius 1 is 1.00 bits per heavy atom. The molecule has 0 aliphatic rings. The van der Waals surface area contributed by atoms with Gasteiger partial charge in [0.2, 0.25) is 0 Å². The molecule has 0 aliphatic carbocycles. The SMILES string of the molecule is O=c1[nH]c(=O)c2nc(Cc3cccnc3)n(CCCCCc3ccc([N+](=O)[O-])cc3)c2[nH]1. The van der Waals surface area contributed by atoms with E-state index in [1.807, 2.05) is 16.7 Å². The molecule has 10 nitrogen and oxygen atoms in total. The number of benzene rings is 1. The molecule has 0 unspecified atom stereocenters. The molecular weight excluding hydrogens is 412 g/mol. The number of aryl methyl sites for hydroxylation is 2. The van der Waals surface area contributed by atoms with E-state index < -0.39 is 16.2 Å². The molecule has 0 atom stereocenters. The monoisotopic (exact) mass is 434 g/mol. The first kappa shape index (κ1) is 21.2. The van der Waals surface area contributed by atoms with Gasteiger partial charge in [0.1, 0.15) is 11.5 Å². The molecule has 0 amide bonds. The van der Waals surface area contributed by atoms with E-state index in [2.05, 4.69) is 19.9 Å². The fraction of sp³-hybridized carbons (Fsp3) is 0.273. The molecule has 0 fully saturated rings. The fourth-order valence-electron chi connectivity index (χ4n) is 3.71. The summed E-state index contributed by atoms with van der Waals surface area (Å²) in [4.78, 5) is 47.9. The second-order valence-electron chi connectivity index (χ2n) is 7.56. The van der Waals surface area contributed by atoms with Crippen molar-refractivity contribution in [3.63, 3.8) is 0 Å². The average molecular weight is 434 g/mol. The summed E-state index contributed by atoms with van der Waals surface area (Å²) >= 11 is 0. The van der Waals surface area contributed by atoms with Crippen molar-refractivity contribution in [1.82, 2.24) is 24.5 Å². The Morgan fingerprint density at radius 2 is 1.81 bits per heavy atom. The number of hydrogen-bond donors (Lipinski definition) is 2. The predicted octanol–water partition coefficient (Wildman–Crippen LogP) is 2.72. The maximum atomic E-state index is 12.2. The molecule has 0 bridgehead atoms. The minimum absolute atomic E-state index is 0.0888. The van der Waals surface area contributed by atoms with Gasteiger partial charge >= 0.3 is 5.69 Å². The van der Waals surface area contributed by atoms with Gasteiger partial charge in [0.05, 0.1) is 4.92 Å². The molecule has 4 aromatic rings. The second kappa shape index (κ2) is 9.38. The van der Waals surface area contributed by atoms with Gasteiger partial charge in [-0.25, -0.2) is 9.78 Å².